The van der Waals surface area contributed by atoms with Crippen molar-refractivity contribution in [2.45, 2.75) is 57.9 Å². The number of rotatable bonds is 9. The molecule has 0 heterocycles. The van der Waals surface area contributed by atoms with Gasteiger partial charge >= 0.3 is 0 Å². The first-order valence-corrected chi connectivity index (χ1v) is 7.28. The molecule has 17 heavy (non-hydrogen) atoms. The number of hydrogen-bond donors (Lipinski definition) is 2. The van der Waals surface area contributed by atoms with Gasteiger partial charge < -0.3 is 15.2 Å². The van der Waals surface area contributed by atoms with Crippen LogP contribution in [0.1, 0.15) is 51.9 Å². The normalized spacial score (nSPS) is 25.1. The van der Waals surface area contributed by atoms with Crippen molar-refractivity contribution in [3.05, 3.63) is 0 Å². The summed E-state index contributed by atoms with van der Waals surface area (Å²) in [6.45, 7) is 4.71. The maximum Gasteiger partial charge on any atom is 0.0697 e. The Morgan fingerprint density at radius 3 is 2.59 bits per heavy atom. The van der Waals surface area contributed by atoms with E-state index >= 15 is 0 Å². The Kier molecular flexibility index (Phi) is 8.67. The molecule has 3 heteroatoms. The average molecular weight is 243 g/mol. The van der Waals surface area contributed by atoms with Gasteiger partial charge in [-0.1, -0.05) is 19.8 Å². The van der Waals surface area contributed by atoms with E-state index in [2.05, 4.69) is 12.2 Å². The summed E-state index contributed by atoms with van der Waals surface area (Å²) in [5, 5.41) is 12.2. The molecule has 1 rings (SSSR count). The van der Waals surface area contributed by atoms with Gasteiger partial charge in [-0.3, -0.25) is 0 Å². The lowest BCUT2D eigenvalue weighted by Gasteiger charge is -2.29. The highest BCUT2D eigenvalue weighted by atomic mass is 16.5. The molecule has 2 N–H and O–H groups in total. The van der Waals surface area contributed by atoms with Gasteiger partial charge in [0.15, 0.2) is 0 Å². The van der Waals surface area contributed by atoms with Crippen LogP contribution in [0, 0.1) is 5.92 Å². The minimum Gasteiger partial charge on any atom is -0.394 e. The minimum absolute atomic E-state index is 0.134. The van der Waals surface area contributed by atoms with Crippen molar-refractivity contribution >= 4 is 0 Å². The lowest BCUT2D eigenvalue weighted by molar-refractivity contribution is 0.0900. The smallest absolute Gasteiger partial charge is 0.0697 e. The van der Waals surface area contributed by atoms with Crippen LogP contribution in [0.25, 0.3) is 0 Å². The lowest BCUT2D eigenvalue weighted by Crippen LogP contribution is -2.34. The van der Waals surface area contributed by atoms with Crippen molar-refractivity contribution in [1.82, 2.24) is 5.32 Å². The summed E-state index contributed by atoms with van der Waals surface area (Å²) in [5.41, 5.74) is 0. The third kappa shape index (κ3) is 7.02. The second-order valence-corrected chi connectivity index (χ2v) is 5.15. The van der Waals surface area contributed by atoms with E-state index in [0.717, 1.165) is 31.5 Å². The molecule has 0 bridgehead atoms. The quantitative estimate of drug-likeness (QED) is 0.611. The summed E-state index contributed by atoms with van der Waals surface area (Å²) in [7, 11) is 0. The van der Waals surface area contributed by atoms with Crippen LogP contribution in [0.15, 0.2) is 0 Å². The van der Waals surface area contributed by atoms with Crippen LogP contribution in [0.4, 0.5) is 0 Å². The molecule has 0 radical (unpaired) electrons. The standard InChI is InChI=1S/C14H29NO2/c1-2-4-13-5-7-14(8-6-13)15-9-3-11-17-12-10-16/h13-16H,2-12H2,1H3. The zero-order valence-electron chi connectivity index (χ0n) is 11.3. The van der Waals surface area contributed by atoms with Gasteiger partial charge in [-0.05, 0) is 44.6 Å². The highest BCUT2D eigenvalue weighted by molar-refractivity contribution is 4.76. The van der Waals surface area contributed by atoms with E-state index < -0.39 is 0 Å². The minimum atomic E-state index is 0.134. The largest absolute Gasteiger partial charge is 0.394 e. The van der Waals surface area contributed by atoms with Gasteiger partial charge in [0, 0.05) is 12.6 Å². The van der Waals surface area contributed by atoms with Crippen molar-refractivity contribution in [2.75, 3.05) is 26.4 Å². The molecule has 1 aliphatic carbocycles. The third-order valence-electron chi connectivity index (χ3n) is 3.68. The first-order chi connectivity index (χ1) is 8.36. The lowest BCUT2D eigenvalue weighted by atomic mass is 9.83. The fourth-order valence-corrected chi connectivity index (χ4v) is 2.71. The number of aliphatic hydroxyl groups excluding tert-OH is 1. The fraction of sp³-hybridized carbons (Fsp3) is 1.00. The predicted molar refractivity (Wildman–Crippen MR) is 71.2 cm³/mol. The van der Waals surface area contributed by atoms with Gasteiger partial charge in [-0.25, -0.2) is 0 Å². The van der Waals surface area contributed by atoms with Crippen molar-refractivity contribution < 1.29 is 9.84 Å². The van der Waals surface area contributed by atoms with Crippen molar-refractivity contribution in [3.8, 4) is 0 Å². The highest BCUT2D eigenvalue weighted by Crippen LogP contribution is 2.27. The summed E-state index contributed by atoms with van der Waals surface area (Å²) in [5.74, 6) is 0.992. The van der Waals surface area contributed by atoms with Crippen LogP contribution in [0.5, 0.6) is 0 Å². The molecule has 0 amide bonds. The molecule has 0 saturated heterocycles. The molecular weight excluding hydrogens is 214 g/mol. The first-order valence-electron chi connectivity index (χ1n) is 7.28. The molecule has 102 valence electrons. The molecule has 0 spiro atoms. The summed E-state index contributed by atoms with van der Waals surface area (Å²) in [6.07, 6.45) is 9.32. The second-order valence-electron chi connectivity index (χ2n) is 5.15. The number of hydrogen-bond acceptors (Lipinski definition) is 3. The van der Waals surface area contributed by atoms with E-state index in [9.17, 15) is 0 Å². The first kappa shape index (κ1) is 14.9. The molecule has 0 aliphatic heterocycles. The van der Waals surface area contributed by atoms with E-state index in [1.807, 2.05) is 0 Å². The summed E-state index contributed by atoms with van der Waals surface area (Å²) < 4.78 is 5.23. The zero-order chi connectivity index (χ0) is 12.3. The molecule has 3 nitrogen and oxygen atoms in total. The van der Waals surface area contributed by atoms with Crippen LogP contribution >= 0.6 is 0 Å². The monoisotopic (exact) mass is 243 g/mol. The van der Waals surface area contributed by atoms with Gasteiger partial charge in [0.2, 0.25) is 0 Å². The molecular formula is C14H29NO2. The topological polar surface area (TPSA) is 41.5 Å². The number of ether oxygens (including phenoxy) is 1. The van der Waals surface area contributed by atoms with Crippen molar-refractivity contribution in [1.29, 1.82) is 0 Å². The molecule has 1 aliphatic rings. The van der Waals surface area contributed by atoms with Crippen LogP contribution in [-0.2, 0) is 4.74 Å². The van der Waals surface area contributed by atoms with Gasteiger partial charge in [0.25, 0.3) is 0 Å². The van der Waals surface area contributed by atoms with Crippen LogP contribution in [-0.4, -0.2) is 37.5 Å². The van der Waals surface area contributed by atoms with Gasteiger partial charge in [-0.2, -0.15) is 0 Å². The summed E-state index contributed by atoms with van der Waals surface area (Å²) in [4.78, 5) is 0. The molecule has 0 atom stereocenters. The van der Waals surface area contributed by atoms with E-state index in [1.54, 1.807) is 0 Å². The zero-order valence-corrected chi connectivity index (χ0v) is 11.3. The third-order valence-corrected chi connectivity index (χ3v) is 3.68. The molecule has 1 saturated carbocycles. The molecule has 1 fully saturated rings. The summed E-state index contributed by atoms with van der Waals surface area (Å²) in [6, 6.07) is 0.737. The van der Waals surface area contributed by atoms with Gasteiger partial charge in [-0.15, -0.1) is 0 Å². The van der Waals surface area contributed by atoms with Crippen LogP contribution in [0.3, 0.4) is 0 Å². The maximum atomic E-state index is 8.55. The van der Waals surface area contributed by atoms with E-state index in [-0.39, 0.29) is 6.61 Å². The average Bonchev–Trinajstić information content (AvgIpc) is 2.36. The Morgan fingerprint density at radius 1 is 1.18 bits per heavy atom. The van der Waals surface area contributed by atoms with Crippen molar-refractivity contribution in [3.63, 3.8) is 0 Å². The number of aliphatic hydroxyl groups is 1. The molecule has 0 aromatic carbocycles. The predicted octanol–water partition coefficient (Wildman–Crippen LogP) is 2.33. The maximum absolute atomic E-state index is 8.55. The van der Waals surface area contributed by atoms with Crippen LogP contribution in [0.2, 0.25) is 0 Å². The molecule has 0 aromatic rings. The van der Waals surface area contributed by atoms with Crippen molar-refractivity contribution in [2.24, 2.45) is 5.92 Å². The highest BCUT2D eigenvalue weighted by Gasteiger charge is 2.19. The Labute approximate surface area is 106 Å². The van der Waals surface area contributed by atoms with Gasteiger partial charge in [0.05, 0.1) is 13.2 Å². The van der Waals surface area contributed by atoms with Crippen LogP contribution < -0.4 is 5.32 Å². The summed E-state index contributed by atoms with van der Waals surface area (Å²) >= 11 is 0. The van der Waals surface area contributed by atoms with Gasteiger partial charge in [0.1, 0.15) is 0 Å². The Bertz CT molecular complexity index is 168. The Balaban J connectivity index is 1.91. The number of nitrogens with one attached hydrogen (secondary N) is 1. The fourth-order valence-electron chi connectivity index (χ4n) is 2.71. The molecule has 0 unspecified atom stereocenters. The van der Waals surface area contributed by atoms with E-state index in [4.69, 9.17) is 9.84 Å². The van der Waals surface area contributed by atoms with E-state index in [0.29, 0.717) is 6.61 Å². The van der Waals surface area contributed by atoms with E-state index in [1.165, 1.54) is 38.5 Å². The SMILES string of the molecule is CCCC1CCC(NCCCOCCO)CC1. The molecule has 0 aromatic heterocycles. The second kappa shape index (κ2) is 9.86. The Morgan fingerprint density at radius 2 is 1.94 bits per heavy atom. The Hall–Kier alpha value is -0.120.